The van der Waals surface area contributed by atoms with Crippen molar-refractivity contribution in [2.75, 3.05) is 19.6 Å². The number of imidazole rings is 1. The fraction of sp³-hybridized carbons (Fsp3) is 0.333. The molecule has 0 atom stereocenters. The van der Waals surface area contributed by atoms with Crippen LogP contribution in [-0.4, -0.2) is 39.5 Å². The van der Waals surface area contributed by atoms with Crippen molar-refractivity contribution in [3.05, 3.63) is 60.8 Å². The molecule has 0 aliphatic rings. The van der Waals surface area contributed by atoms with Crippen molar-refractivity contribution < 1.29 is 0 Å². The molecule has 0 fully saturated rings. The summed E-state index contributed by atoms with van der Waals surface area (Å²) in [5.41, 5.74) is 2.04. The SMILES string of the molecule is CCNC(=NCCc1cn2ccccc2n1)NCCn1cccc1.I. The molecule has 0 saturated heterocycles. The van der Waals surface area contributed by atoms with E-state index in [4.69, 9.17) is 0 Å². The van der Waals surface area contributed by atoms with Crippen LogP contribution in [0.3, 0.4) is 0 Å². The van der Waals surface area contributed by atoms with Crippen LogP contribution in [0.1, 0.15) is 12.6 Å². The average Bonchev–Trinajstić information content (AvgIpc) is 3.23. The standard InChI is InChI=1S/C18H24N6.HI/c1-2-19-18(21-10-14-23-11-5-6-12-23)20-9-8-16-15-24-13-4-3-7-17(24)22-16;/h3-7,11-13,15H,2,8-10,14H2,1H3,(H2,19,20,21);1H. The highest BCUT2D eigenvalue weighted by molar-refractivity contribution is 14.0. The first-order chi connectivity index (χ1) is 11.8. The number of nitrogens with zero attached hydrogens (tertiary/aromatic N) is 4. The van der Waals surface area contributed by atoms with E-state index in [0.717, 1.165) is 43.4 Å². The number of pyridine rings is 1. The molecule has 0 spiro atoms. The van der Waals surface area contributed by atoms with Crippen LogP contribution in [0.5, 0.6) is 0 Å². The number of guanidine groups is 1. The quantitative estimate of drug-likeness (QED) is 0.329. The molecule has 0 amide bonds. The zero-order chi connectivity index (χ0) is 16.6. The molecule has 0 aliphatic heterocycles. The van der Waals surface area contributed by atoms with Gasteiger partial charge in [0.1, 0.15) is 5.65 Å². The van der Waals surface area contributed by atoms with Gasteiger partial charge in [-0.25, -0.2) is 4.98 Å². The molecule has 2 N–H and O–H groups in total. The van der Waals surface area contributed by atoms with E-state index in [1.807, 2.05) is 40.9 Å². The Kier molecular flexibility index (Phi) is 7.77. The maximum Gasteiger partial charge on any atom is 0.191 e. The Bertz CT molecular complexity index is 745. The summed E-state index contributed by atoms with van der Waals surface area (Å²) in [6.45, 7) is 5.40. The molecule has 25 heavy (non-hydrogen) atoms. The number of aliphatic imine (C=N–C) groups is 1. The Labute approximate surface area is 165 Å². The number of nitrogens with one attached hydrogen (secondary N) is 2. The maximum atomic E-state index is 4.63. The molecule has 0 unspecified atom stereocenters. The molecule has 7 heteroatoms. The predicted octanol–water partition coefficient (Wildman–Crippen LogP) is 2.55. The zero-order valence-electron chi connectivity index (χ0n) is 14.4. The number of rotatable bonds is 7. The van der Waals surface area contributed by atoms with E-state index >= 15 is 0 Å². The van der Waals surface area contributed by atoms with Crippen molar-refractivity contribution in [1.29, 1.82) is 0 Å². The van der Waals surface area contributed by atoms with E-state index in [2.05, 4.69) is 50.7 Å². The van der Waals surface area contributed by atoms with Crippen LogP contribution in [0.4, 0.5) is 0 Å². The summed E-state index contributed by atoms with van der Waals surface area (Å²) in [5.74, 6) is 0.855. The minimum absolute atomic E-state index is 0. The number of hydrogen-bond acceptors (Lipinski definition) is 2. The Morgan fingerprint density at radius 2 is 1.92 bits per heavy atom. The molecule has 3 aromatic rings. The van der Waals surface area contributed by atoms with E-state index in [9.17, 15) is 0 Å². The molecule has 3 rings (SSSR count). The van der Waals surface area contributed by atoms with Crippen LogP contribution in [0.2, 0.25) is 0 Å². The van der Waals surface area contributed by atoms with Crippen molar-refractivity contribution in [2.45, 2.75) is 19.9 Å². The molecule has 134 valence electrons. The van der Waals surface area contributed by atoms with Gasteiger partial charge in [-0.15, -0.1) is 24.0 Å². The molecular weight excluding hydrogens is 427 g/mol. The summed E-state index contributed by atoms with van der Waals surface area (Å²) >= 11 is 0. The van der Waals surface area contributed by atoms with Gasteiger partial charge in [0.05, 0.1) is 5.69 Å². The molecule has 3 heterocycles. The van der Waals surface area contributed by atoms with Gasteiger partial charge in [0.15, 0.2) is 5.96 Å². The third-order valence-corrected chi connectivity index (χ3v) is 3.72. The van der Waals surface area contributed by atoms with Crippen molar-refractivity contribution in [1.82, 2.24) is 24.6 Å². The highest BCUT2D eigenvalue weighted by atomic mass is 127. The second-order valence-electron chi connectivity index (χ2n) is 5.56. The van der Waals surface area contributed by atoms with Gasteiger partial charge in [0, 0.05) is 57.4 Å². The monoisotopic (exact) mass is 452 g/mol. The fourth-order valence-corrected chi connectivity index (χ4v) is 2.55. The second kappa shape index (κ2) is 10.1. The average molecular weight is 452 g/mol. The molecule has 0 radical (unpaired) electrons. The van der Waals surface area contributed by atoms with Gasteiger partial charge in [-0.3, -0.25) is 4.99 Å². The summed E-state index contributed by atoms with van der Waals surface area (Å²) in [4.78, 5) is 9.23. The molecule has 0 aliphatic carbocycles. The van der Waals surface area contributed by atoms with E-state index in [1.165, 1.54) is 0 Å². The van der Waals surface area contributed by atoms with Gasteiger partial charge < -0.3 is 19.6 Å². The van der Waals surface area contributed by atoms with Crippen molar-refractivity contribution >= 4 is 35.6 Å². The van der Waals surface area contributed by atoms with Gasteiger partial charge in [-0.05, 0) is 31.2 Å². The number of fused-ring (bicyclic) bond motifs is 1. The smallest absolute Gasteiger partial charge is 0.191 e. The Morgan fingerprint density at radius 1 is 1.12 bits per heavy atom. The predicted molar refractivity (Wildman–Crippen MR) is 113 cm³/mol. The third kappa shape index (κ3) is 5.77. The highest BCUT2D eigenvalue weighted by Gasteiger charge is 2.01. The second-order valence-corrected chi connectivity index (χ2v) is 5.56. The van der Waals surface area contributed by atoms with Gasteiger partial charge in [0.2, 0.25) is 0 Å². The molecule has 0 saturated carbocycles. The highest BCUT2D eigenvalue weighted by Crippen LogP contribution is 2.05. The van der Waals surface area contributed by atoms with E-state index < -0.39 is 0 Å². The minimum atomic E-state index is 0. The summed E-state index contributed by atoms with van der Waals surface area (Å²) in [7, 11) is 0. The Morgan fingerprint density at radius 3 is 2.68 bits per heavy atom. The first-order valence-corrected chi connectivity index (χ1v) is 8.40. The van der Waals surface area contributed by atoms with Crippen LogP contribution in [0, 0.1) is 0 Å². The molecule has 6 nitrogen and oxygen atoms in total. The van der Waals surface area contributed by atoms with Crippen molar-refractivity contribution in [3.63, 3.8) is 0 Å². The maximum absolute atomic E-state index is 4.63. The lowest BCUT2D eigenvalue weighted by atomic mass is 10.3. The number of halogens is 1. The summed E-state index contributed by atoms with van der Waals surface area (Å²) in [6, 6.07) is 10.1. The van der Waals surface area contributed by atoms with Crippen molar-refractivity contribution in [2.24, 2.45) is 4.99 Å². The molecule has 0 bridgehead atoms. The van der Waals surface area contributed by atoms with E-state index in [-0.39, 0.29) is 24.0 Å². The Hall–Kier alpha value is -2.03. The minimum Gasteiger partial charge on any atom is -0.357 e. The third-order valence-electron chi connectivity index (χ3n) is 3.72. The zero-order valence-corrected chi connectivity index (χ0v) is 16.8. The summed E-state index contributed by atoms with van der Waals surface area (Å²) in [5, 5.41) is 6.64. The molecule has 3 aromatic heterocycles. The van der Waals surface area contributed by atoms with Crippen LogP contribution in [0.15, 0.2) is 60.1 Å². The first-order valence-electron chi connectivity index (χ1n) is 8.40. The molecule has 0 aromatic carbocycles. The van der Waals surface area contributed by atoms with Crippen LogP contribution in [0.25, 0.3) is 5.65 Å². The lowest BCUT2D eigenvalue weighted by Crippen LogP contribution is -2.39. The lowest BCUT2D eigenvalue weighted by molar-refractivity contribution is 0.665. The van der Waals surface area contributed by atoms with Crippen molar-refractivity contribution in [3.8, 4) is 0 Å². The lowest BCUT2D eigenvalue weighted by Gasteiger charge is -2.11. The summed E-state index contributed by atoms with van der Waals surface area (Å²) in [6.07, 6.45) is 9.04. The van der Waals surface area contributed by atoms with Crippen LogP contribution < -0.4 is 10.6 Å². The number of aromatic nitrogens is 3. The fourth-order valence-electron chi connectivity index (χ4n) is 2.55. The molecular formula is C18H25IN6. The Balaban J connectivity index is 0.00000225. The van der Waals surface area contributed by atoms with Crippen LogP contribution in [-0.2, 0) is 13.0 Å². The largest absolute Gasteiger partial charge is 0.357 e. The number of hydrogen-bond donors (Lipinski definition) is 2. The van der Waals surface area contributed by atoms with Crippen LogP contribution >= 0.6 is 24.0 Å². The first kappa shape index (κ1) is 19.3. The summed E-state index contributed by atoms with van der Waals surface area (Å²) < 4.78 is 4.19. The van der Waals surface area contributed by atoms with Gasteiger partial charge >= 0.3 is 0 Å². The normalized spacial score (nSPS) is 11.3. The van der Waals surface area contributed by atoms with Gasteiger partial charge in [0.25, 0.3) is 0 Å². The van der Waals surface area contributed by atoms with E-state index in [0.29, 0.717) is 6.54 Å². The topological polar surface area (TPSA) is 58.6 Å². The van der Waals surface area contributed by atoms with Gasteiger partial charge in [-0.1, -0.05) is 6.07 Å². The van der Waals surface area contributed by atoms with E-state index in [1.54, 1.807) is 0 Å². The van der Waals surface area contributed by atoms with Gasteiger partial charge in [-0.2, -0.15) is 0 Å².